The highest BCUT2D eigenvalue weighted by Gasteiger charge is 2.15. The van der Waals surface area contributed by atoms with E-state index in [4.69, 9.17) is 0 Å². The molecule has 0 saturated heterocycles. The third-order valence-electron chi connectivity index (χ3n) is 3.14. The minimum Gasteiger partial charge on any atom is -0.318 e. The highest BCUT2D eigenvalue weighted by atomic mass is 16.2. The number of hydrogen-bond acceptors (Lipinski definition) is 3. The van der Waals surface area contributed by atoms with E-state index < -0.39 is 11.8 Å². The number of para-hydroxylation sites is 1. The van der Waals surface area contributed by atoms with Crippen LogP contribution in [0.3, 0.4) is 0 Å². The molecule has 0 radical (unpaired) electrons. The van der Waals surface area contributed by atoms with E-state index in [2.05, 4.69) is 15.6 Å². The van der Waals surface area contributed by atoms with Crippen LogP contribution in [0.15, 0.2) is 66.9 Å². The molecular weight excluding hydrogens is 278 g/mol. The van der Waals surface area contributed by atoms with Gasteiger partial charge < -0.3 is 10.6 Å². The molecule has 1 aromatic heterocycles. The summed E-state index contributed by atoms with van der Waals surface area (Å²) in [7, 11) is 0. The van der Waals surface area contributed by atoms with Crippen LogP contribution in [0.2, 0.25) is 0 Å². The van der Waals surface area contributed by atoms with Crippen LogP contribution in [0.1, 0.15) is 0 Å². The lowest BCUT2D eigenvalue weighted by molar-refractivity contribution is -0.133. The van der Waals surface area contributed by atoms with Gasteiger partial charge in [0, 0.05) is 17.3 Å². The smallest absolute Gasteiger partial charge is 0.315 e. The minimum atomic E-state index is -0.757. The zero-order chi connectivity index (χ0) is 15.4. The van der Waals surface area contributed by atoms with Crippen LogP contribution in [0.5, 0.6) is 0 Å². The molecule has 1 heterocycles. The molecule has 0 aliphatic rings. The largest absolute Gasteiger partial charge is 0.318 e. The van der Waals surface area contributed by atoms with Gasteiger partial charge in [-0.25, -0.2) is 4.98 Å². The lowest BCUT2D eigenvalue weighted by Gasteiger charge is -2.08. The molecule has 0 atom stereocenters. The number of hydrogen-bond donors (Lipinski definition) is 2. The van der Waals surface area contributed by atoms with E-state index in [0.717, 1.165) is 10.8 Å². The van der Waals surface area contributed by atoms with E-state index in [1.54, 1.807) is 30.5 Å². The van der Waals surface area contributed by atoms with E-state index in [0.29, 0.717) is 11.5 Å². The first-order valence-electron chi connectivity index (χ1n) is 6.75. The number of carbonyl (C=O) groups is 2. The number of nitrogens with one attached hydrogen (secondary N) is 2. The first-order valence-corrected chi connectivity index (χ1v) is 6.75. The zero-order valence-corrected chi connectivity index (χ0v) is 11.6. The van der Waals surface area contributed by atoms with Crippen molar-refractivity contribution < 1.29 is 9.59 Å². The lowest BCUT2D eigenvalue weighted by atomic mass is 10.1. The summed E-state index contributed by atoms with van der Waals surface area (Å²) in [5, 5.41) is 6.80. The Bertz CT molecular complexity index is 826. The molecule has 2 N–H and O–H groups in total. The molecule has 2 aromatic carbocycles. The number of nitrogens with zero attached hydrogens (tertiary/aromatic N) is 1. The van der Waals surface area contributed by atoms with Gasteiger partial charge in [0.15, 0.2) is 0 Å². The Morgan fingerprint density at radius 1 is 0.773 bits per heavy atom. The van der Waals surface area contributed by atoms with E-state index in [1.807, 2.05) is 36.4 Å². The second-order valence-electron chi connectivity index (χ2n) is 4.65. The molecule has 3 aromatic rings. The monoisotopic (exact) mass is 291 g/mol. The number of anilines is 2. The summed E-state index contributed by atoms with van der Waals surface area (Å²) in [6.07, 6.45) is 1.59. The summed E-state index contributed by atoms with van der Waals surface area (Å²) >= 11 is 0. The number of rotatable bonds is 2. The average Bonchev–Trinajstić information content (AvgIpc) is 2.56. The van der Waals surface area contributed by atoms with Gasteiger partial charge in [0.25, 0.3) is 0 Å². The summed E-state index contributed by atoms with van der Waals surface area (Å²) < 4.78 is 0. The molecule has 5 heteroatoms. The van der Waals surface area contributed by atoms with Gasteiger partial charge in [-0.1, -0.05) is 42.5 Å². The number of amides is 2. The van der Waals surface area contributed by atoms with E-state index >= 15 is 0 Å². The maximum atomic E-state index is 12.0. The topological polar surface area (TPSA) is 71.1 Å². The van der Waals surface area contributed by atoms with Crippen LogP contribution in [0, 0.1) is 0 Å². The van der Waals surface area contributed by atoms with Gasteiger partial charge in [0.2, 0.25) is 0 Å². The fourth-order valence-corrected chi connectivity index (χ4v) is 2.09. The molecule has 0 spiro atoms. The SMILES string of the molecule is O=C(Nc1ccccc1)C(=O)Nc1nccc2ccccc12. The quantitative estimate of drug-likeness (QED) is 0.713. The minimum absolute atomic E-state index is 0.367. The summed E-state index contributed by atoms with van der Waals surface area (Å²) in [5.41, 5.74) is 0.563. The number of carbonyl (C=O) groups excluding carboxylic acids is 2. The second-order valence-corrected chi connectivity index (χ2v) is 4.65. The van der Waals surface area contributed by atoms with Crippen molar-refractivity contribution in [2.75, 3.05) is 10.6 Å². The van der Waals surface area contributed by atoms with Crippen molar-refractivity contribution in [2.24, 2.45) is 0 Å². The van der Waals surface area contributed by atoms with Crippen molar-refractivity contribution in [2.45, 2.75) is 0 Å². The second kappa shape index (κ2) is 6.05. The van der Waals surface area contributed by atoms with Crippen molar-refractivity contribution >= 4 is 34.1 Å². The number of pyridine rings is 1. The summed E-state index contributed by atoms with van der Waals surface area (Å²) in [6, 6.07) is 18.1. The molecule has 0 aliphatic heterocycles. The molecule has 108 valence electrons. The molecule has 5 nitrogen and oxygen atoms in total. The van der Waals surface area contributed by atoms with Crippen molar-refractivity contribution in [1.29, 1.82) is 0 Å². The molecule has 3 rings (SSSR count). The van der Waals surface area contributed by atoms with Gasteiger partial charge in [-0.05, 0) is 23.6 Å². The van der Waals surface area contributed by atoms with Crippen molar-refractivity contribution in [3.63, 3.8) is 0 Å². The summed E-state index contributed by atoms with van der Waals surface area (Å²) in [5.74, 6) is -1.13. The lowest BCUT2D eigenvalue weighted by Crippen LogP contribution is -2.29. The first kappa shape index (κ1) is 13.8. The van der Waals surface area contributed by atoms with E-state index in [9.17, 15) is 9.59 Å². The Kier molecular flexibility index (Phi) is 3.78. The third kappa shape index (κ3) is 2.93. The van der Waals surface area contributed by atoms with Gasteiger partial charge >= 0.3 is 11.8 Å². The fraction of sp³-hybridized carbons (Fsp3) is 0. The summed E-state index contributed by atoms with van der Waals surface area (Å²) in [6.45, 7) is 0. The Labute approximate surface area is 127 Å². The van der Waals surface area contributed by atoms with Gasteiger partial charge in [-0.2, -0.15) is 0 Å². The third-order valence-corrected chi connectivity index (χ3v) is 3.14. The normalized spacial score (nSPS) is 10.2. The molecular formula is C17H13N3O2. The fourth-order valence-electron chi connectivity index (χ4n) is 2.09. The Morgan fingerprint density at radius 3 is 2.27 bits per heavy atom. The van der Waals surface area contributed by atoms with Crippen LogP contribution < -0.4 is 10.6 Å². The molecule has 22 heavy (non-hydrogen) atoms. The Morgan fingerprint density at radius 2 is 1.45 bits per heavy atom. The maximum absolute atomic E-state index is 12.0. The standard InChI is InChI=1S/C17H13N3O2/c21-16(19-13-7-2-1-3-8-13)17(22)20-15-14-9-5-4-6-12(14)10-11-18-15/h1-11H,(H,19,21)(H,18,20,22). The average molecular weight is 291 g/mol. The van der Waals surface area contributed by atoms with Crippen molar-refractivity contribution in [3.8, 4) is 0 Å². The van der Waals surface area contributed by atoms with Crippen LogP contribution in [0.4, 0.5) is 11.5 Å². The number of aromatic nitrogens is 1. The molecule has 0 saturated carbocycles. The van der Waals surface area contributed by atoms with Gasteiger partial charge in [-0.15, -0.1) is 0 Å². The van der Waals surface area contributed by atoms with Gasteiger partial charge in [0.1, 0.15) is 5.82 Å². The van der Waals surface area contributed by atoms with Crippen LogP contribution in [0.25, 0.3) is 10.8 Å². The van der Waals surface area contributed by atoms with Gasteiger partial charge in [-0.3, -0.25) is 9.59 Å². The number of benzene rings is 2. The first-order chi connectivity index (χ1) is 10.7. The predicted molar refractivity (Wildman–Crippen MR) is 85.4 cm³/mol. The van der Waals surface area contributed by atoms with Gasteiger partial charge in [0.05, 0.1) is 0 Å². The molecule has 0 unspecified atom stereocenters. The van der Waals surface area contributed by atoms with Crippen LogP contribution in [-0.4, -0.2) is 16.8 Å². The molecule has 0 bridgehead atoms. The highest BCUT2D eigenvalue weighted by Crippen LogP contribution is 2.20. The summed E-state index contributed by atoms with van der Waals surface area (Å²) in [4.78, 5) is 28.0. The highest BCUT2D eigenvalue weighted by molar-refractivity contribution is 6.44. The molecule has 0 aliphatic carbocycles. The molecule has 0 fully saturated rings. The van der Waals surface area contributed by atoms with Crippen LogP contribution >= 0.6 is 0 Å². The zero-order valence-electron chi connectivity index (χ0n) is 11.6. The van der Waals surface area contributed by atoms with E-state index in [1.165, 1.54) is 0 Å². The van der Waals surface area contributed by atoms with Crippen LogP contribution in [-0.2, 0) is 9.59 Å². The van der Waals surface area contributed by atoms with E-state index in [-0.39, 0.29) is 0 Å². The Hall–Kier alpha value is -3.21. The predicted octanol–water partition coefficient (Wildman–Crippen LogP) is 2.81. The maximum Gasteiger partial charge on any atom is 0.315 e. The van der Waals surface area contributed by atoms with Crippen molar-refractivity contribution in [1.82, 2.24) is 4.98 Å². The number of fused-ring (bicyclic) bond motifs is 1. The van der Waals surface area contributed by atoms with Crippen molar-refractivity contribution in [3.05, 3.63) is 66.9 Å². The Balaban J connectivity index is 1.77. The molecule has 2 amide bonds.